The number of aliphatic hydroxyl groups is 1. The molecule has 4 aliphatic rings. The third-order valence-corrected chi connectivity index (χ3v) is 7.46. The van der Waals surface area contributed by atoms with Gasteiger partial charge in [-0.3, -0.25) is 4.79 Å². The second kappa shape index (κ2) is 4.69. The van der Waals surface area contributed by atoms with Gasteiger partial charge in [0.1, 0.15) is 0 Å². The van der Waals surface area contributed by atoms with Crippen LogP contribution in [0, 0.1) is 35.5 Å². The van der Waals surface area contributed by atoms with Crippen molar-refractivity contribution >= 4 is 21.7 Å². The lowest BCUT2D eigenvalue weighted by molar-refractivity contribution is -0.120. The molecule has 1 aromatic rings. The second-order valence-electron chi connectivity index (χ2n) is 7.73. The van der Waals surface area contributed by atoms with Crippen LogP contribution >= 0.6 is 15.9 Å². The Morgan fingerprint density at radius 1 is 1.12 bits per heavy atom. The van der Waals surface area contributed by atoms with E-state index < -0.39 is 11.7 Å². The molecule has 6 unspecified atom stereocenters. The van der Waals surface area contributed by atoms with Crippen LogP contribution in [0.15, 0.2) is 40.1 Å². The third kappa shape index (κ3) is 1.67. The first-order chi connectivity index (χ1) is 11.4. The Bertz CT molecular complexity index is 787. The van der Waals surface area contributed by atoms with Crippen molar-refractivity contribution in [2.24, 2.45) is 35.5 Å². The molecule has 4 fully saturated rings. The van der Waals surface area contributed by atoms with Crippen LogP contribution in [0.25, 0.3) is 0 Å². The normalized spacial score (nSPS) is 41.4. The molecular formula is C19H17BrF2O2. The molecule has 0 heterocycles. The fraction of sp³-hybridized carbons (Fsp3) is 0.526. The highest BCUT2D eigenvalue weighted by molar-refractivity contribution is 9.10. The molecule has 0 spiro atoms. The number of ketones is 1. The first kappa shape index (κ1) is 15.1. The van der Waals surface area contributed by atoms with Gasteiger partial charge in [-0.2, -0.15) is 8.78 Å². The van der Waals surface area contributed by atoms with E-state index in [-0.39, 0.29) is 34.7 Å². The fourth-order valence-corrected chi connectivity index (χ4v) is 6.66. The molecule has 0 amide bonds. The molecule has 5 heteroatoms. The van der Waals surface area contributed by atoms with Crippen molar-refractivity contribution in [3.8, 4) is 0 Å². The summed E-state index contributed by atoms with van der Waals surface area (Å²) in [5.74, 6) is -3.61. The number of carbonyl (C=O) groups is 1. The van der Waals surface area contributed by atoms with Crippen LogP contribution in [0.4, 0.5) is 8.78 Å². The highest BCUT2D eigenvalue weighted by Gasteiger charge is 2.69. The summed E-state index contributed by atoms with van der Waals surface area (Å²) < 4.78 is 30.4. The second-order valence-corrected chi connectivity index (χ2v) is 8.65. The Hall–Kier alpha value is -1.23. The van der Waals surface area contributed by atoms with Crippen molar-refractivity contribution in [1.82, 2.24) is 0 Å². The molecule has 1 aromatic carbocycles. The number of hydrogen-bond donors (Lipinski definition) is 1. The summed E-state index contributed by atoms with van der Waals surface area (Å²) >= 11 is 3.19. The number of carbonyl (C=O) groups excluding carboxylic acids is 1. The van der Waals surface area contributed by atoms with Gasteiger partial charge in [0.05, 0.1) is 0 Å². The number of halogens is 3. The van der Waals surface area contributed by atoms with E-state index in [1.807, 2.05) is 0 Å². The molecule has 4 aliphatic carbocycles. The van der Waals surface area contributed by atoms with Gasteiger partial charge in [-0.05, 0) is 61.0 Å². The van der Waals surface area contributed by atoms with Crippen molar-refractivity contribution in [2.75, 3.05) is 0 Å². The SMILES string of the molecule is O=C1/C(=C(\O)C(F)(F)c2cccc(Br)c2)C2C3CCC4C3CC2C14. The Morgan fingerprint density at radius 3 is 2.54 bits per heavy atom. The topological polar surface area (TPSA) is 37.3 Å². The zero-order chi connectivity index (χ0) is 16.8. The molecule has 2 bridgehead atoms. The van der Waals surface area contributed by atoms with E-state index in [4.69, 9.17) is 0 Å². The number of Topliss-reactive ketones (excluding diaryl/α,β-unsaturated/α-hetero) is 1. The van der Waals surface area contributed by atoms with E-state index in [1.165, 1.54) is 18.2 Å². The van der Waals surface area contributed by atoms with E-state index in [1.54, 1.807) is 6.07 Å². The number of aliphatic hydroxyl groups excluding tert-OH is 1. The summed E-state index contributed by atoms with van der Waals surface area (Å²) in [5, 5.41) is 10.5. The summed E-state index contributed by atoms with van der Waals surface area (Å²) in [7, 11) is 0. The minimum Gasteiger partial charge on any atom is -0.506 e. The summed E-state index contributed by atoms with van der Waals surface area (Å²) in [6.07, 6.45) is 3.05. The van der Waals surface area contributed by atoms with Crippen LogP contribution in [0.5, 0.6) is 0 Å². The van der Waals surface area contributed by atoms with Gasteiger partial charge in [-0.25, -0.2) is 0 Å². The van der Waals surface area contributed by atoms with Gasteiger partial charge in [-0.15, -0.1) is 0 Å². The number of hydrogen-bond acceptors (Lipinski definition) is 2. The molecule has 0 saturated heterocycles. The Labute approximate surface area is 147 Å². The first-order valence-electron chi connectivity index (χ1n) is 8.53. The molecular weight excluding hydrogens is 378 g/mol. The van der Waals surface area contributed by atoms with Crippen LogP contribution in [0.2, 0.25) is 0 Å². The minimum absolute atomic E-state index is 0.0460. The Kier molecular flexibility index (Phi) is 2.94. The standard InChI is InChI=1S/C19H17BrF2O2/c20-9-3-1-2-8(6-9)19(21,22)18(24)16-14-10-4-5-11-12(10)7-13(14)15(11)17(16)23/h1-3,6,10-15,24H,4-5,7H2/b18-16-. The van der Waals surface area contributed by atoms with Crippen LogP contribution in [-0.2, 0) is 10.7 Å². The zero-order valence-corrected chi connectivity index (χ0v) is 14.5. The van der Waals surface area contributed by atoms with Gasteiger partial charge >= 0.3 is 5.92 Å². The highest BCUT2D eigenvalue weighted by Crippen LogP contribution is 2.71. The van der Waals surface area contributed by atoms with E-state index in [0.717, 1.165) is 19.3 Å². The van der Waals surface area contributed by atoms with Crippen LogP contribution in [-0.4, -0.2) is 10.9 Å². The molecule has 0 aliphatic heterocycles. The van der Waals surface area contributed by atoms with Crippen molar-refractivity contribution in [2.45, 2.75) is 25.2 Å². The number of fused-ring (bicyclic) bond motifs is 2. The lowest BCUT2D eigenvalue weighted by Crippen LogP contribution is -2.24. The summed E-state index contributed by atoms with van der Waals surface area (Å²) in [6.45, 7) is 0. The fourth-order valence-electron chi connectivity index (χ4n) is 6.26. The molecule has 5 rings (SSSR count). The van der Waals surface area contributed by atoms with Crippen molar-refractivity contribution in [1.29, 1.82) is 0 Å². The van der Waals surface area contributed by atoms with E-state index >= 15 is 0 Å². The summed E-state index contributed by atoms with van der Waals surface area (Å²) in [4.78, 5) is 12.8. The molecule has 0 aromatic heterocycles. The van der Waals surface area contributed by atoms with Crippen LogP contribution in [0.3, 0.4) is 0 Å². The molecule has 24 heavy (non-hydrogen) atoms. The quantitative estimate of drug-likeness (QED) is 0.575. The number of benzene rings is 1. The lowest BCUT2D eigenvalue weighted by atomic mass is 9.79. The van der Waals surface area contributed by atoms with Gasteiger partial charge in [0, 0.05) is 21.5 Å². The number of rotatable bonds is 2. The van der Waals surface area contributed by atoms with Gasteiger partial charge in [-0.1, -0.05) is 28.1 Å². The summed E-state index contributed by atoms with van der Waals surface area (Å²) in [6, 6.07) is 5.76. The molecule has 1 N–H and O–H groups in total. The summed E-state index contributed by atoms with van der Waals surface area (Å²) in [5.41, 5.74) is -0.238. The number of alkyl halides is 2. The van der Waals surface area contributed by atoms with E-state index in [2.05, 4.69) is 15.9 Å². The molecule has 6 atom stereocenters. The Morgan fingerprint density at radius 2 is 1.83 bits per heavy atom. The van der Waals surface area contributed by atoms with Gasteiger partial charge in [0.25, 0.3) is 0 Å². The average molecular weight is 395 g/mol. The first-order valence-corrected chi connectivity index (χ1v) is 9.32. The largest absolute Gasteiger partial charge is 0.506 e. The monoisotopic (exact) mass is 394 g/mol. The van der Waals surface area contributed by atoms with Gasteiger partial charge in [0.2, 0.25) is 0 Å². The van der Waals surface area contributed by atoms with E-state index in [9.17, 15) is 18.7 Å². The highest BCUT2D eigenvalue weighted by atomic mass is 79.9. The van der Waals surface area contributed by atoms with Crippen molar-refractivity contribution in [3.63, 3.8) is 0 Å². The predicted octanol–water partition coefficient (Wildman–Crippen LogP) is 4.84. The maximum Gasteiger partial charge on any atom is 0.329 e. The van der Waals surface area contributed by atoms with Crippen molar-refractivity contribution in [3.05, 3.63) is 45.6 Å². The molecule has 126 valence electrons. The van der Waals surface area contributed by atoms with Crippen LogP contribution in [0.1, 0.15) is 24.8 Å². The Balaban J connectivity index is 1.63. The molecule has 0 radical (unpaired) electrons. The van der Waals surface area contributed by atoms with Gasteiger partial charge < -0.3 is 5.11 Å². The van der Waals surface area contributed by atoms with Crippen LogP contribution < -0.4 is 0 Å². The molecule has 2 nitrogen and oxygen atoms in total. The number of allylic oxidation sites excluding steroid dienone is 2. The lowest BCUT2D eigenvalue weighted by Gasteiger charge is -2.25. The molecule has 4 saturated carbocycles. The average Bonchev–Trinajstić information content (AvgIpc) is 3.19. The van der Waals surface area contributed by atoms with Crippen molar-refractivity contribution < 1.29 is 18.7 Å². The smallest absolute Gasteiger partial charge is 0.329 e. The van der Waals surface area contributed by atoms with E-state index in [0.29, 0.717) is 22.2 Å². The maximum absolute atomic E-state index is 14.9. The minimum atomic E-state index is -3.53. The van der Waals surface area contributed by atoms with Gasteiger partial charge in [0.15, 0.2) is 11.5 Å². The third-order valence-electron chi connectivity index (χ3n) is 6.96. The zero-order valence-electron chi connectivity index (χ0n) is 12.9. The maximum atomic E-state index is 14.9. The predicted molar refractivity (Wildman–Crippen MR) is 87.5 cm³/mol.